The molecule has 17 heteroatoms. The van der Waals surface area contributed by atoms with Crippen LogP contribution in [-0.2, 0) is 10.7 Å². The van der Waals surface area contributed by atoms with E-state index in [1.54, 1.807) is 0 Å². The predicted molar refractivity (Wildman–Crippen MR) is 415 cm³/mol. The van der Waals surface area contributed by atoms with Gasteiger partial charge in [0.25, 0.3) is 0 Å². The molecule has 0 aliphatic heterocycles. The van der Waals surface area contributed by atoms with Crippen molar-refractivity contribution < 1.29 is 64.9 Å². The van der Waals surface area contributed by atoms with Gasteiger partial charge in [0, 0.05) is 0 Å². The van der Waals surface area contributed by atoms with E-state index in [0.717, 1.165) is 66.8 Å². The molecular weight excluding hydrogens is 1380 g/mol. The molecule has 0 aliphatic carbocycles. The summed E-state index contributed by atoms with van der Waals surface area (Å²) in [6, 6.07) is 92.8. The Hall–Kier alpha value is -9.55. The van der Waals surface area contributed by atoms with Crippen molar-refractivity contribution in [3.05, 3.63) is 358 Å². The molecule has 0 aliphatic rings. The summed E-state index contributed by atoms with van der Waals surface area (Å²) in [6.07, 6.45) is 0. The van der Waals surface area contributed by atoms with Gasteiger partial charge in [-0.25, -0.2) is 0 Å². The van der Waals surface area contributed by atoms with Crippen molar-refractivity contribution in [1.29, 1.82) is 0 Å². The second kappa shape index (κ2) is 31.1. The fraction of sp³-hybridized carbons (Fsp3) is 0.143. The molecule has 12 nitrogen and oxygen atoms in total. The Bertz CT molecular complexity index is 3600. The van der Waals surface area contributed by atoms with Crippen LogP contribution in [0.1, 0.15) is 66.8 Å². The van der Waals surface area contributed by atoms with E-state index in [9.17, 15) is 0 Å². The van der Waals surface area contributed by atoms with Crippen molar-refractivity contribution in [2.24, 2.45) is 0 Å². The zero-order chi connectivity index (χ0) is 70.8. The van der Waals surface area contributed by atoms with Gasteiger partial charge in [-0.05, 0) is 0 Å². The van der Waals surface area contributed by atoms with Gasteiger partial charge in [0.1, 0.15) is 0 Å². The average molecular weight is 1470 g/mol. The van der Waals surface area contributed by atoms with Crippen LogP contribution in [0.2, 0.25) is 0 Å². The molecule has 0 fully saturated rings. The summed E-state index contributed by atoms with van der Waals surface area (Å²) in [6.45, 7) is -0.116. The molecule has 0 unspecified atom stereocenters. The van der Waals surface area contributed by atoms with Crippen molar-refractivity contribution in [3.8, 4) is 69.0 Å². The van der Waals surface area contributed by atoms with Crippen LogP contribution in [-0.4, -0.2) is 0 Å². The van der Waals surface area contributed by atoms with E-state index >= 15 is 0 Å². The molecule has 0 atom stereocenters. The Kier molecular flexibility index (Phi) is 22.0. The van der Waals surface area contributed by atoms with Gasteiger partial charge < -0.3 is 0 Å². The van der Waals surface area contributed by atoms with Gasteiger partial charge in [-0.15, -0.1) is 0 Å². The van der Waals surface area contributed by atoms with Crippen molar-refractivity contribution >= 4 is 26.9 Å². The van der Waals surface area contributed by atoms with Crippen molar-refractivity contribution in [2.45, 2.75) is 83.1 Å². The Morgan fingerprint density at radius 3 is 0.267 bits per heavy atom. The van der Waals surface area contributed by atoms with Crippen LogP contribution in [0.4, 0.5) is 0 Å². The van der Waals surface area contributed by atoms with Gasteiger partial charge in [-0.1, -0.05) is 0 Å². The van der Waals surface area contributed by atoms with Crippen molar-refractivity contribution in [1.82, 2.24) is 0 Å². The average Bonchev–Trinajstić information content (AvgIpc) is 0.653. The summed E-state index contributed by atoms with van der Waals surface area (Å²) in [5, 5.41) is 0. The van der Waals surface area contributed by atoms with Crippen molar-refractivity contribution in [2.75, 3.05) is 0 Å². The van der Waals surface area contributed by atoms with Crippen LogP contribution in [0.15, 0.2) is 291 Å². The topological polar surface area (TPSA) is 111 Å². The predicted octanol–water partition coefficient (Wildman–Crippen LogP) is 24.4. The minimum atomic E-state index is -6.09. The molecule has 12 aromatic carbocycles. The third kappa shape index (κ3) is 16.6. The first kappa shape index (κ1) is 71.3. The van der Waals surface area contributed by atoms with E-state index in [-0.39, 0.29) is 69.0 Å². The number of benzene rings is 12. The summed E-state index contributed by atoms with van der Waals surface area (Å²) < 4.78 is 104. The summed E-state index contributed by atoms with van der Waals surface area (Å²) in [5.74, 6) is 3.31. The van der Waals surface area contributed by atoms with Crippen LogP contribution in [0, 0.1) is 83.1 Å². The molecule has 0 aromatic heterocycles. The third-order valence-corrected chi connectivity index (χ3v) is 67.4. The van der Waals surface area contributed by atoms with E-state index in [1.165, 1.54) is 0 Å². The Morgan fingerprint density at radius 2 is 0.198 bits per heavy atom. The normalized spacial score (nSPS) is 13.2. The van der Waals surface area contributed by atoms with Gasteiger partial charge in [0.05, 0.1) is 0 Å². The zero-order valence-electron chi connectivity index (χ0n) is 58.9. The maximum atomic E-state index is 8.64. The van der Waals surface area contributed by atoms with E-state index in [1.807, 2.05) is 374 Å². The first-order chi connectivity index (χ1) is 48.7. The Balaban J connectivity index is 1.49. The van der Waals surface area contributed by atoms with Crippen LogP contribution >= 0.6 is 26.9 Å². The van der Waals surface area contributed by atoms with Crippen LogP contribution in [0.3, 0.4) is 0 Å². The molecule has 0 saturated heterocycles. The summed E-state index contributed by atoms with van der Waals surface area (Å²) in [5.41, 5.74) is 11.3. The number of aryl methyl sites for hydroxylation is 12. The van der Waals surface area contributed by atoms with Gasteiger partial charge in [-0.3, -0.25) is 0 Å². The van der Waals surface area contributed by atoms with E-state index in [4.69, 9.17) is 54.3 Å². The summed E-state index contributed by atoms with van der Waals surface area (Å²) >= 11 is 0. The van der Waals surface area contributed by atoms with Gasteiger partial charge in [-0.2, -0.15) is 0 Å². The van der Waals surface area contributed by atoms with Crippen LogP contribution in [0.25, 0.3) is 0 Å². The van der Waals surface area contributed by atoms with Gasteiger partial charge in [0.2, 0.25) is 0 Å². The first-order valence-electron chi connectivity index (χ1n) is 33.4. The molecule has 0 saturated carbocycles. The monoisotopic (exact) mass is 1470 g/mol. The molecule has 0 radical (unpaired) electrons. The second-order valence-corrected chi connectivity index (χ2v) is 55.6. The molecular formula is C84H88NiO12P4. The number of hydrogen-bond acceptors (Lipinski definition) is 12. The SMILES string of the molecule is Cc1ccc(O[PH](Oc2ccc(C)cc2)(Oc2ccc(C)cc2)[Ni]([PH](Oc2ccc(C)cc2)(Oc2ccc(C)cc2)Oc2ccc(C)cc2)([PH](Oc2ccc(C)cc2)(Oc2ccc(C)cc2)Oc2ccc(C)cc2)[PH](Oc2ccc(C)cc2)(Oc2ccc(C)cc2)Oc2ccc(C)cc2)cc1. The number of rotatable bonds is 28. The second-order valence-electron chi connectivity index (χ2n) is 25.2. The molecule has 0 spiro atoms. The molecule has 0 bridgehead atoms. The molecule has 0 amide bonds. The standard InChI is InChI=1S/4C21H22O3P.Ni/c4*1-16-4-10-19(11-5-16)22-25(23-20-12-6-17(2)7-13-20)24-21-14-8-18(3)9-15-21;/h4*4-15,25H,1-3H3;/q4*+1;-4. The van der Waals surface area contributed by atoms with E-state index in [0.29, 0.717) is 0 Å². The Morgan fingerprint density at radius 1 is 0.129 bits per heavy atom. The quantitative estimate of drug-likeness (QED) is 0.0344. The van der Waals surface area contributed by atoms with Crippen LogP contribution < -0.4 is 54.3 Å². The molecule has 0 heterocycles. The zero-order valence-corrected chi connectivity index (χ0v) is 63.9. The summed E-state index contributed by atoms with van der Waals surface area (Å²) in [4.78, 5) is 0. The Labute approximate surface area is 598 Å². The molecule has 12 aromatic rings. The molecule has 0 N–H and O–H groups in total. The van der Waals surface area contributed by atoms with E-state index in [2.05, 4.69) is 0 Å². The van der Waals surface area contributed by atoms with Crippen molar-refractivity contribution in [3.63, 3.8) is 0 Å². The number of hydrogen-bond donors (Lipinski definition) is 0. The molecule has 12 rings (SSSR count). The fourth-order valence-corrected chi connectivity index (χ4v) is 66.6. The maximum absolute atomic E-state index is 8.64. The molecule has 101 heavy (non-hydrogen) atoms. The minimum absolute atomic E-state index is 0.276. The fourth-order valence-electron chi connectivity index (χ4n) is 10.4. The van der Waals surface area contributed by atoms with Crippen LogP contribution in [0.5, 0.6) is 69.0 Å². The van der Waals surface area contributed by atoms with Gasteiger partial charge in [0.15, 0.2) is 0 Å². The van der Waals surface area contributed by atoms with Gasteiger partial charge >= 0.3 is 602 Å². The first-order valence-corrected chi connectivity index (χ1v) is 45.5. The summed E-state index contributed by atoms with van der Waals surface area (Å²) in [7, 11) is -5.27. The molecule has 526 valence electrons. The third-order valence-electron chi connectivity index (χ3n) is 16.2. The van der Waals surface area contributed by atoms with E-state index < -0.39 is 37.5 Å².